The Balaban J connectivity index is 1.87. The van der Waals surface area contributed by atoms with Crippen molar-refractivity contribution < 1.29 is 9.84 Å². The van der Waals surface area contributed by atoms with Gasteiger partial charge in [0.25, 0.3) is 0 Å². The monoisotopic (exact) mass is 460 g/mol. The fourth-order valence-corrected chi connectivity index (χ4v) is 3.11. The fourth-order valence-electron chi connectivity index (χ4n) is 2.38. The minimum Gasteiger partial charge on any atom is -0.489 e. The van der Waals surface area contributed by atoms with Gasteiger partial charge in [-0.05, 0) is 55.4 Å². The number of benzene rings is 2. The minimum atomic E-state index is 0.172. The Morgan fingerprint density at radius 1 is 0.962 bits per heavy atom. The van der Waals surface area contributed by atoms with Crippen LogP contribution < -0.4 is 15.4 Å². The van der Waals surface area contributed by atoms with Gasteiger partial charge in [0, 0.05) is 23.1 Å². The van der Waals surface area contributed by atoms with Crippen LogP contribution >= 0.6 is 39.1 Å². The molecule has 0 aliphatic carbocycles. The Hall–Kier alpha value is -0.820. The van der Waals surface area contributed by atoms with Crippen LogP contribution in [-0.4, -0.2) is 31.3 Å². The van der Waals surface area contributed by atoms with Gasteiger partial charge in [0.05, 0.1) is 16.7 Å². The second-order valence-electron chi connectivity index (χ2n) is 5.79. The first-order valence-electron chi connectivity index (χ1n) is 8.47. The molecule has 0 radical (unpaired) electrons. The van der Waals surface area contributed by atoms with Crippen molar-refractivity contribution >= 4 is 39.1 Å². The minimum absolute atomic E-state index is 0.172. The van der Waals surface area contributed by atoms with Gasteiger partial charge in [-0.15, -0.1) is 0 Å². The third-order valence-corrected chi connectivity index (χ3v) is 4.94. The number of nitrogens with one attached hydrogen (secondary N) is 2. The summed E-state index contributed by atoms with van der Waals surface area (Å²) in [6, 6.07) is 11.5. The SMILES string of the molecule is OCCNCCCNCc1cc(Br)ccc1OCc1ccc(Cl)c(Cl)c1. The van der Waals surface area contributed by atoms with Crippen LogP contribution in [0.5, 0.6) is 5.75 Å². The highest BCUT2D eigenvalue weighted by molar-refractivity contribution is 9.10. The van der Waals surface area contributed by atoms with Crippen LogP contribution in [0.1, 0.15) is 17.5 Å². The van der Waals surface area contributed by atoms with Gasteiger partial charge in [0.2, 0.25) is 0 Å². The number of ether oxygens (including phenoxy) is 1. The zero-order valence-electron chi connectivity index (χ0n) is 14.4. The maximum absolute atomic E-state index is 8.73. The molecule has 0 saturated heterocycles. The smallest absolute Gasteiger partial charge is 0.124 e. The molecule has 7 heteroatoms. The Bertz CT molecular complexity index is 701. The van der Waals surface area contributed by atoms with Gasteiger partial charge in [-0.25, -0.2) is 0 Å². The van der Waals surface area contributed by atoms with E-state index in [-0.39, 0.29) is 6.61 Å². The lowest BCUT2D eigenvalue weighted by atomic mass is 10.2. The van der Waals surface area contributed by atoms with E-state index < -0.39 is 0 Å². The number of aliphatic hydroxyl groups is 1. The number of rotatable bonds is 11. The van der Waals surface area contributed by atoms with Crippen LogP contribution in [0.15, 0.2) is 40.9 Å². The second-order valence-corrected chi connectivity index (χ2v) is 7.52. The number of aliphatic hydroxyl groups excluding tert-OH is 1. The summed E-state index contributed by atoms with van der Waals surface area (Å²) in [6.07, 6.45) is 0.994. The number of hydrogen-bond acceptors (Lipinski definition) is 4. The van der Waals surface area contributed by atoms with Crippen molar-refractivity contribution in [3.8, 4) is 5.75 Å². The zero-order chi connectivity index (χ0) is 18.8. The molecule has 0 heterocycles. The molecule has 0 saturated carbocycles. The van der Waals surface area contributed by atoms with Crippen molar-refractivity contribution in [2.24, 2.45) is 0 Å². The van der Waals surface area contributed by atoms with Gasteiger partial charge >= 0.3 is 0 Å². The Morgan fingerprint density at radius 2 is 1.77 bits per heavy atom. The maximum Gasteiger partial charge on any atom is 0.124 e. The van der Waals surface area contributed by atoms with Crippen LogP contribution in [0.25, 0.3) is 0 Å². The van der Waals surface area contributed by atoms with E-state index in [0.29, 0.717) is 23.2 Å². The van der Waals surface area contributed by atoms with Gasteiger partial charge in [-0.1, -0.05) is 45.2 Å². The second kappa shape index (κ2) is 11.8. The van der Waals surface area contributed by atoms with Crippen molar-refractivity contribution in [1.82, 2.24) is 10.6 Å². The molecular weight excluding hydrogens is 439 g/mol. The van der Waals surface area contributed by atoms with Crippen molar-refractivity contribution in [2.45, 2.75) is 19.6 Å². The topological polar surface area (TPSA) is 53.5 Å². The number of hydrogen-bond donors (Lipinski definition) is 3. The predicted octanol–water partition coefficient (Wildman–Crippen LogP) is 4.40. The molecule has 0 bridgehead atoms. The lowest BCUT2D eigenvalue weighted by molar-refractivity contribution is 0.292. The van der Waals surface area contributed by atoms with E-state index in [2.05, 4.69) is 32.6 Å². The average molecular weight is 462 g/mol. The highest BCUT2D eigenvalue weighted by Crippen LogP contribution is 2.26. The first-order chi connectivity index (χ1) is 12.6. The van der Waals surface area contributed by atoms with E-state index in [9.17, 15) is 0 Å². The van der Waals surface area contributed by atoms with Crippen molar-refractivity contribution in [1.29, 1.82) is 0 Å². The van der Waals surface area contributed by atoms with Crippen LogP contribution in [0.3, 0.4) is 0 Å². The molecule has 0 spiro atoms. The van der Waals surface area contributed by atoms with Gasteiger partial charge in [-0.2, -0.15) is 0 Å². The van der Waals surface area contributed by atoms with Crippen molar-refractivity contribution in [3.05, 3.63) is 62.0 Å². The first-order valence-corrected chi connectivity index (χ1v) is 10.0. The molecule has 0 unspecified atom stereocenters. The first kappa shape index (κ1) is 21.5. The number of halogens is 3. The molecule has 3 N–H and O–H groups in total. The summed E-state index contributed by atoms with van der Waals surface area (Å²) in [7, 11) is 0. The molecule has 2 rings (SSSR count). The highest BCUT2D eigenvalue weighted by atomic mass is 79.9. The lowest BCUT2D eigenvalue weighted by Gasteiger charge is -2.13. The quantitative estimate of drug-likeness (QED) is 0.434. The predicted molar refractivity (Wildman–Crippen MR) is 111 cm³/mol. The Kier molecular flexibility index (Phi) is 9.75. The highest BCUT2D eigenvalue weighted by Gasteiger charge is 2.06. The zero-order valence-corrected chi connectivity index (χ0v) is 17.5. The molecule has 26 heavy (non-hydrogen) atoms. The Labute approximate surface area is 173 Å². The normalized spacial score (nSPS) is 10.9. The van der Waals surface area contributed by atoms with E-state index in [1.807, 2.05) is 24.3 Å². The summed E-state index contributed by atoms with van der Waals surface area (Å²) >= 11 is 15.5. The van der Waals surface area contributed by atoms with Gasteiger partial charge in [0.1, 0.15) is 12.4 Å². The van der Waals surface area contributed by atoms with Crippen LogP contribution in [0, 0.1) is 0 Å². The van der Waals surface area contributed by atoms with Crippen LogP contribution in [0.4, 0.5) is 0 Å². The molecule has 2 aromatic carbocycles. The van der Waals surface area contributed by atoms with E-state index in [0.717, 1.165) is 47.4 Å². The molecule has 0 aliphatic rings. The van der Waals surface area contributed by atoms with Crippen LogP contribution in [0.2, 0.25) is 10.0 Å². The summed E-state index contributed by atoms with van der Waals surface area (Å²) in [5, 5.41) is 16.4. The molecule has 2 aromatic rings. The van der Waals surface area contributed by atoms with Crippen molar-refractivity contribution in [3.63, 3.8) is 0 Å². The maximum atomic E-state index is 8.73. The van der Waals surface area contributed by atoms with Gasteiger partial charge in [0.15, 0.2) is 0 Å². The molecule has 0 aliphatic heterocycles. The van der Waals surface area contributed by atoms with Gasteiger partial charge in [-0.3, -0.25) is 0 Å². The average Bonchev–Trinajstić information content (AvgIpc) is 2.63. The van der Waals surface area contributed by atoms with Crippen LogP contribution in [-0.2, 0) is 13.2 Å². The van der Waals surface area contributed by atoms with E-state index in [4.69, 9.17) is 33.0 Å². The summed E-state index contributed by atoms with van der Waals surface area (Å²) in [4.78, 5) is 0. The molecular formula is C19H23BrCl2N2O2. The third kappa shape index (κ3) is 7.43. The standard InChI is InChI=1S/C19H23BrCl2N2O2/c20-16-3-5-19(26-13-14-2-4-17(21)18(22)10-14)15(11-16)12-24-7-1-6-23-8-9-25/h2-5,10-11,23-25H,1,6-9,12-13H2. The van der Waals surface area contributed by atoms with E-state index >= 15 is 0 Å². The lowest BCUT2D eigenvalue weighted by Crippen LogP contribution is -2.24. The summed E-state index contributed by atoms with van der Waals surface area (Å²) in [5.74, 6) is 0.838. The molecule has 0 atom stereocenters. The van der Waals surface area contributed by atoms with E-state index in [1.165, 1.54) is 0 Å². The van der Waals surface area contributed by atoms with Gasteiger partial charge < -0.3 is 20.5 Å². The molecule has 4 nitrogen and oxygen atoms in total. The summed E-state index contributed by atoms with van der Waals surface area (Å²) in [5.41, 5.74) is 2.05. The largest absolute Gasteiger partial charge is 0.489 e. The molecule has 0 fully saturated rings. The summed E-state index contributed by atoms with van der Waals surface area (Å²) < 4.78 is 7.00. The fraction of sp³-hybridized carbons (Fsp3) is 0.368. The van der Waals surface area contributed by atoms with Crippen molar-refractivity contribution in [2.75, 3.05) is 26.2 Å². The molecule has 0 amide bonds. The summed E-state index contributed by atoms with van der Waals surface area (Å²) in [6.45, 7) is 3.72. The third-order valence-electron chi connectivity index (χ3n) is 3.71. The molecule has 142 valence electrons. The molecule has 0 aromatic heterocycles. The van der Waals surface area contributed by atoms with E-state index in [1.54, 1.807) is 6.07 Å². The Morgan fingerprint density at radius 3 is 2.54 bits per heavy atom.